The molecule has 0 saturated heterocycles. The minimum Gasteiger partial charge on any atom is -0.352 e. The fourth-order valence-corrected chi connectivity index (χ4v) is 3.41. The lowest BCUT2D eigenvalue weighted by Crippen LogP contribution is -2.39. The van der Waals surface area contributed by atoms with Gasteiger partial charge in [-0.05, 0) is 47.9 Å². The third kappa shape index (κ3) is 7.31. The van der Waals surface area contributed by atoms with Crippen LogP contribution in [0, 0.1) is 12.7 Å². The van der Waals surface area contributed by atoms with Crippen molar-refractivity contribution in [3.8, 4) is 0 Å². The molecule has 3 aromatic carbocycles. The maximum atomic E-state index is 13.3. The third-order valence-electron chi connectivity index (χ3n) is 5.06. The molecule has 3 aromatic rings. The predicted octanol–water partition coefficient (Wildman–Crippen LogP) is 4.90. The van der Waals surface area contributed by atoms with Gasteiger partial charge in [0.15, 0.2) is 0 Å². The van der Waals surface area contributed by atoms with Crippen LogP contribution in [0.15, 0.2) is 85.5 Å². The quantitative estimate of drug-likeness (QED) is 0.461. The summed E-state index contributed by atoms with van der Waals surface area (Å²) in [6.45, 7) is 6.68. The largest absolute Gasteiger partial charge is 0.352 e. The fraction of sp³-hybridized carbons (Fsp3) is 0.185. The molecular formula is C27H28FN3O2. The lowest BCUT2D eigenvalue weighted by molar-refractivity contribution is -0.120. The molecule has 2 N–H and O–H groups in total. The van der Waals surface area contributed by atoms with Crippen LogP contribution in [0.4, 0.5) is 14.9 Å². The first-order chi connectivity index (χ1) is 15.9. The number of nitrogens with one attached hydrogen (secondary N) is 2. The highest BCUT2D eigenvalue weighted by Crippen LogP contribution is 2.20. The zero-order chi connectivity index (χ0) is 23.6. The molecule has 0 aliphatic carbocycles. The van der Waals surface area contributed by atoms with Crippen LogP contribution in [0.2, 0.25) is 0 Å². The summed E-state index contributed by atoms with van der Waals surface area (Å²) in [6, 6.07) is 21.0. The van der Waals surface area contributed by atoms with Crippen molar-refractivity contribution in [3.63, 3.8) is 0 Å². The van der Waals surface area contributed by atoms with Crippen molar-refractivity contribution < 1.29 is 14.0 Å². The Balaban J connectivity index is 1.72. The number of hydrogen-bond acceptors (Lipinski definition) is 2. The summed E-state index contributed by atoms with van der Waals surface area (Å²) >= 11 is 0. The van der Waals surface area contributed by atoms with Gasteiger partial charge < -0.3 is 10.6 Å². The van der Waals surface area contributed by atoms with E-state index in [1.165, 1.54) is 12.1 Å². The summed E-state index contributed by atoms with van der Waals surface area (Å²) in [6.07, 6.45) is 1.79. The van der Waals surface area contributed by atoms with Crippen LogP contribution in [0.5, 0.6) is 0 Å². The summed E-state index contributed by atoms with van der Waals surface area (Å²) in [5.41, 5.74) is 4.40. The van der Waals surface area contributed by atoms with E-state index in [-0.39, 0.29) is 30.7 Å². The van der Waals surface area contributed by atoms with Gasteiger partial charge in [0, 0.05) is 18.8 Å². The molecule has 0 atom stereocenters. The van der Waals surface area contributed by atoms with Crippen molar-refractivity contribution in [2.24, 2.45) is 0 Å². The van der Waals surface area contributed by atoms with Crippen LogP contribution in [0.1, 0.15) is 22.3 Å². The van der Waals surface area contributed by atoms with Crippen molar-refractivity contribution in [2.75, 3.05) is 11.4 Å². The molecule has 0 saturated carbocycles. The molecule has 0 radical (unpaired) electrons. The Morgan fingerprint density at radius 3 is 2.39 bits per heavy atom. The van der Waals surface area contributed by atoms with E-state index in [9.17, 15) is 14.0 Å². The second-order valence-corrected chi connectivity index (χ2v) is 7.80. The maximum Gasteiger partial charge on any atom is 0.322 e. The number of amides is 3. The van der Waals surface area contributed by atoms with Crippen molar-refractivity contribution in [1.82, 2.24) is 10.6 Å². The zero-order valence-electron chi connectivity index (χ0n) is 18.7. The Kier molecular flexibility index (Phi) is 8.36. The van der Waals surface area contributed by atoms with Crippen molar-refractivity contribution >= 4 is 17.6 Å². The average Bonchev–Trinajstić information content (AvgIpc) is 2.81. The van der Waals surface area contributed by atoms with Crippen molar-refractivity contribution in [1.29, 1.82) is 0 Å². The SMILES string of the molecule is C=CCNC(=O)N(Cc1ccc(F)cc1)c1cccc(CC(=O)NCc2cccc(C)c2)c1. The van der Waals surface area contributed by atoms with Gasteiger partial charge in [0.1, 0.15) is 5.82 Å². The number of nitrogens with zero attached hydrogens (tertiary/aromatic N) is 1. The van der Waals surface area contributed by atoms with Gasteiger partial charge in [0.25, 0.3) is 0 Å². The van der Waals surface area contributed by atoms with Crippen LogP contribution in [0.25, 0.3) is 0 Å². The number of carbonyl (C=O) groups is 2. The summed E-state index contributed by atoms with van der Waals surface area (Å²) in [5, 5.41) is 5.72. The minimum atomic E-state index is -0.333. The number of anilines is 1. The van der Waals surface area contributed by atoms with Crippen molar-refractivity contribution in [2.45, 2.75) is 26.4 Å². The molecule has 0 unspecified atom stereocenters. The highest BCUT2D eigenvalue weighted by Gasteiger charge is 2.17. The summed E-state index contributed by atoms with van der Waals surface area (Å²) < 4.78 is 13.3. The Morgan fingerprint density at radius 2 is 1.67 bits per heavy atom. The third-order valence-corrected chi connectivity index (χ3v) is 5.06. The van der Waals surface area contributed by atoms with E-state index >= 15 is 0 Å². The van der Waals surface area contributed by atoms with Gasteiger partial charge in [0.05, 0.1) is 13.0 Å². The van der Waals surface area contributed by atoms with E-state index in [4.69, 9.17) is 0 Å². The first-order valence-electron chi connectivity index (χ1n) is 10.8. The summed E-state index contributed by atoms with van der Waals surface area (Å²) in [5.74, 6) is -0.435. The normalized spacial score (nSPS) is 10.4. The molecule has 33 heavy (non-hydrogen) atoms. The average molecular weight is 446 g/mol. The Labute approximate surface area is 193 Å². The van der Waals surface area contributed by atoms with Crippen LogP contribution in [-0.4, -0.2) is 18.5 Å². The van der Waals surface area contributed by atoms with E-state index in [1.807, 2.05) is 55.5 Å². The molecule has 0 heterocycles. The first-order valence-corrected chi connectivity index (χ1v) is 10.8. The Morgan fingerprint density at radius 1 is 0.939 bits per heavy atom. The molecule has 0 aromatic heterocycles. The molecular weight excluding hydrogens is 417 g/mol. The monoisotopic (exact) mass is 445 g/mol. The van der Waals surface area contributed by atoms with Crippen LogP contribution < -0.4 is 15.5 Å². The first kappa shape index (κ1) is 23.7. The van der Waals surface area contributed by atoms with Crippen LogP contribution in [-0.2, 0) is 24.3 Å². The van der Waals surface area contributed by atoms with Crippen LogP contribution >= 0.6 is 0 Å². The number of benzene rings is 3. The molecule has 3 rings (SSSR count). The van der Waals surface area contributed by atoms with Crippen LogP contribution in [0.3, 0.4) is 0 Å². The molecule has 0 aliphatic rings. The van der Waals surface area contributed by atoms with Crippen molar-refractivity contribution in [3.05, 3.63) is 114 Å². The fourth-order valence-electron chi connectivity index (χ4n) is 3.41. The molecule has 0 bridgehead atoms. The highest BCUT2D eigenvalue weighted by molar-refractivity contribution is 5.92. The molecule has 5 nitrogen and oxygen atoms in total. The van der Waals surface area contributed by atoms with E-state index in [0.29, 0.717) is 18.8 Å². The number of carbonyl (C=O) groups excluding carboxylic acids is 2. The molecule has 0 aliphatic heterocycles. The number of urea groups is 1. The molecule has 170 valence electrons. The summed E-state index contributed by atoms with van der Waals surface area (Å²) in [4.78, 5) is 26.9. The van der Waals surface area contributed by atoms with Gasteiger partial charge in [0.2, 0.25) is 5.91 Å². The number of aryl methyl sites for hydroxylation is 1. The number of hydrogen-bond donors (Lipinski definition) is 2. The van der Waals surface area contributed by atoms with Gasteiger partial charge in [-0.3, -0.25) is 9.69 Å². The van der Waals surface area contributed by atoms with Gasteiger partial charge in [-0.25, -0.2) is 9.18 Å². The second kappa shape index (κ2) is 11.6. The Bertz CT molecular complexity index is 1110. The lowest BCUT2D eigenvalue weighted by Gasteiger charge is -2.24. The van der Waals surface area contributed by atoms with Gasteiger partial charge in [-0.2, -0.15) is 0 Å². The van der Waals surface area contributed by atoms with E-state index in [1.54, 1.807) is 23.1 Å². The molecule has 6 heteroatoms. The van der Waals surface area contributed by atoms with E-state index in [2.05, 4.69) is 17.2 Å². The van der Waals surface area contributed by atoms with E-state index < -0.39 is 0 Å². The molecule has 0 spiro atoms. The summed E-state index contributed by atoms with van der Waals surface area (Å²) in [7, 11) is 0. The smallest absolute Gasteiger partial charge is 0.322 e. The maximum absolute atomic E-state index is 13.3. The minimum absolute atomic E-state index is 0.102. The lowest BCUT2D eigenvalue weighted by atomic mass is 10.1. The topological polar surface area (TPSA) is 61.4 Å². The van der Waals surface area contributed by atoms with E-state index in [0.717, 1.165) is 22.3 Å². The number of halogens is 1. The second-order valence-electron chi connectivity index (χ2n) is 7.80. The molecule has 3 amide bonds. The van der Waals surface area contributed by atoms with Gasteiger partial charge in [-0.1, -0.05) is 60.2 Å². The zero-order valence-corrected chi connectivity index (χ0v) is 18.7. The molecule has 0 fully saturated rings. The highest BCUT2D eigenvalue weighted by atomic mass is 19.1. The number of rotatable bonds is 9. The Hall–Kier alpha value is -3.93. The van der Waals surface area contributed by atoms with Gasteiger partial charge in [-0.15, -0.1) is 6.58 Å². The predicted molar refractivity (Wildman–Crippen MR) is 129 cm³/mol. The van der Waals surface area contributed by atoms with Gasteiger partial charge >= 0.3 is 6.03 Å². The standard InChI is InChI=1S/C27H28FN3O2/c1-3-14-29-27(33)31(19-21-10-12-24(28)13-11-21)25-9-5-7-22(16-25)17-26(32)30-18-23-8-4-6-20(2)15-23/h3-13,15-16H,1,14,17-19H2,2H3,(H,29,33)(H,30,32).